The molecule has 1 fully saturated rings. The topological polar surface area (TPSA) is 58.2 Å². The van der Waals surface area contributed by atoms with Crippen molar-refractivity contribution in [1.82, 2.24) is 10.6 Å². The number of amides is 2. The van der Waals surface area contributed by atoms with Crippen LogP contribution in [0.5, 0.6) is 0 Å². The molecule has 4 nitrogen and oxygen atoms in total. The van der Waals surface area contributed by atoms with Crippen LogP contribution >= 0.6 is 0 Å². The first-order valence-electron chi connectivity index (χ1n) is 8.80. The van der Waals surface area contributed by atoms with Crippen molar-refractivity contribution in [3.63, 3.8) is 0 Å². The van der Waals surface area contributed by atoms with Crippen LogP contribution in [-0.2, 0) is 16.0 Å². The molecular weight excluding hydrogens is 288 g/mol. The molecule has 2 N–H and O–H groups in total. The van der Waals surface area contributed by atoms with Crippen LogP contribution in [0.15, 0.2) is 24.3 Å². The highest BCUT2D eigenvalue weighted by Gasteiger charge is 2.33. The van der Waals surface area contributed by atoms with Crippen LogP contribution in [0.1, 0.15) is 62.6 Å². The molecule has 2 atom stereocenters. The second-order valence-corrected chi connectivity index (χ2v) is 6.87. The van der Waals surface area contributed by atoms with E-state index in [4.69, 9.17) is 0 Å². The molecule has 0 heterocycles. The molecule has 1 saturated carbocycles. The zero-order valence-corrected chi connectivity index (χ0v) is 13.8. The smallest absolute Gasteiger partial charge is 0.243 e. The number of hydrogen-bond acceptors (Lipinski definition) is 2. The van der Waals surface area contributed by atoms with E-state index in [0.717, 1.165) is 44.9 Å². The van der Waals surface area contributed by atoms with Crippen LogP contribution in [0.3, 0.4) is 0 Å². The highest BCUT2D eigenvalue weighted by Crippen LogP contribution is 2.31. The maximum Gasteiger partial charge on any atom is 0.243 e. The maximum atomic E-state index is 12.8. The first-order valence-corrected chi connectivity index (χ1v) is 8.80. The normalized spacial score (nSPS) is 22.2. The predicted molar refractivity (Wildman–Crippen MR) is 89.8 cm³/mol. The molecule has 1 aromatic carbocycles. The van der Waals surface area contributed by atoms with Crippen molar-refractivity contribution in [2.24, 2.45) is 5.92 Å². The molecule has 0 saturated heterocycles. The molecule has 0 aromatic heterocycles. The number of carbonyl (C=O) groups is 2. The van der Waals surface area contributed by atoms with Crippen LogP contribution in [0, 0.1) is 5.92 Å². The van der Waals surface area contributed by atoms with Crippen molar-refractivity contribution < 1.29 is 9.59 Å². The highest BCUT2D eigenvalue weighted by atomic mass is 16.2. The second-order valence-electron chi connectivity index (χ2n) is 6.87. The van der Waals surface area contributed by atoms with Gasteiger partial charge in [-0.25, -0.2) is 0 Å². The van der Waals surface area contributed by atoms with Crippen molar-refractivity contribution in [2.45, 2.75) is 64.0 Å². The van der Waals surface area contributed by atoms with Gasteiger partial charge in [0.1, 0.15) is 6.04 Å². The van der Waals surface area contributed by atoms with Crippen LogP contribution in [-0.4, -0.2) is 17.9 Å². The van der Waals surface area contributed by atoms with Crippen molar-refractivity contribution in [3.8, 4) is 0 Å². The van der Waals surface area contributed by atoms with Gasteiger partial charge in [0.05, 0.1) is 6.04 Å². The fourth-order valence-corrected chi connectivity index (χ4v) is 4.07. The Morgan fingerprint density at radius 1 is 1.09 bits per heavy atom. The molecule has 0 bridgehead atoms. The molecule has 2 aliphatic rings. The molecule has 124 valence electrons. The Balaban J connectivity index is 1.73. The lowest BCUT2D eigenvalue weighted by Gasteiger charge is -2.30. The van der Waals surface area contributed by atoms with E-state index in [-0.39, 0.29) is 29.8 Å². The summed E-state index contributed by atoms with van der Waals surface area (Å²) in [5.74, 6) is 0.132. The average Bonchev–Trinajstić information content (AvgIpc) is 3.07. The Hall–Kier alpha value is -1.84. The van der Waals surface area contributed by atoms with Gasteiger partial charge in [0.25, 0.3) is 0 Å². The minimum atomic E-state index is -0.385. The van der Waals surface area contributed by atoms with Crippen LogP contribution in [0.4, 0.5) is 0 Å². The highest BCUT2D eigenvalue weighted by molar-refractivity contribution is 5.87. The lowest BCUT2D eigenvalue weighted by molar-refractivity contribution is -0.130. The van der Waals surface area contributed by atoms with Gasteiger partial charge < -0.3 is 10.6 Å². The fourth-order valence-electron chi connectivity index (χ4n) is 4.07. The molecule has 4 heteroatoms. The maximum absolute atomic E-state index is 12.8. The number of rotatable bonds is 4. The Labute approximate surface area is 138 Å². The van der Waals surface area contributed by atoms with Crippen molar-refractivity contribution in [2.75, 3.05) is 0 Å². The van der Waals surface area contributed by atoms with Gasteiger partial charge >= 0.3 is 0 Å². The molecule has 0 unspecified atom stereocenters. The largest absolute Gasteiger partial charge is 0.347 e. The van der Waals surface area contributed by atoms with Gasteiger partial charge in [0, 0.05) is 6.92 Å². The first kappa shape index (κ1) is 16.0. The summed E-state index contributed by atoms with van der Waals surface area (Å²) in [6.07, 6.45) is 7.51. The van der Waals surface area contributed by atoms with E-state index in [9.17, 15) is 9.59 Å². The molecule has 0 spiro atoms. The van der Waals surface area contributed by atoms with E-state index >= 15 is 0 Å². The van der Waals surface area contributed by atoms with Gasteiger partial charge in [-0.15, -0.1) is 0 Å². The van der Waals surface area contributed by atoms with Crippen LogP contribution in [0.25, 0.3) is 0 Å². The first-order chi connectivity index (χ1) is 11.1. The minimum Gasteiger partial charge on any atom is -0.347 e. The van der Waals surface area contributed by atoms with E-state index in [1.807, 2.05) is 6.07 Å². The van der Waals surface area contributed by atoms with Crippen LogP contribution < -0.4 is 10.6 Å². The quantitative estimate of drug-likeness (QED) is 0.898. The Kier molecular flexibility index (Phi) is 4.99. The summed E-state index contributed by atoms with van der Waals surface area (Å²) < 4.78 is 0. The molecule has 3 rings (SSSR count). The fraction of sp³-hybridized carbons (Fsp3) is 0.579. The van der Waals surface area contributed by atoms with Gasteiger partial charge in [0.15, 0.2) is 0 Å². The average molecular weight is 314 g/mol. The number of nitrogens with one attached hydrogen (secondary N) is 2. The lowest BCUT2D eigenvalue weighted by atomic mass is 9.87. The van der Waals surface area contributed by atoms with E-state index in [1.54, 1.807) is 0 Å². The van der Waals surface area contributed by atoms with Crippen molar-refractivity contribution >= 4 is 11.8 Å². The Morgan fingerprint density at radius 2 is 1.83 bits per heavy atom. The van der Waals surface area contributed by atoms with E-state index in [1.165, 1.54) is 18.1 Å². The molecule has 2 amide bonds. The third kappa shape index (κ3) is 3.74. The zero-order valence-electron chi connectivity index (χ0n) is 13.8. The van der Waals surface area contributed by atoms with E-state index in [0.29, 0.717) is 0 Å². The minimum absolute atomic E-state index is 0.0196. The molecular formula is C19H26N2O2. The summed E-state index contributed by atoms with van der Waals surface area (Å²) in [6.45, 7) is 1.49. The molecule has 23 heavy (non-hydrogen) atoms. The standard InChI is InChI=1S/C19H26N2O2/c1-13(22)20-18(15-8-2-3-9-15)19(23)21-17-12-6-10-14-7-4-5-11-16(14)17/h4-5,7,11,15,17-18H,2-3,6,8-10,12H2,1H3,(H,20,22)(H,21,23)/t17-,18+/m0/s1. The third-order valence-electron chi connectivity index (χ3n) is 5.20. The SMILES string of the molecule is CC(=O)N[C@@H](C(=O)N[C@H]1CCCc2ccccc21)C1CCCC1. The molecule has 0 aliphatic heterocycles. The summed E-state index contributed by atoms with van der Waals surface area (Å²) in [6, 6.07) is 8.04. The van der Waals surface area contributed by atoms with Gasteiger partial charge in [0.2, 0.25) is 11.8 Å². The van der Waals surface area contributed by atoms with E-state index < -0.39 is 0 Å². The number of aryl methyl sites for hydroxylation is 1. The second kappa shape index (κ2) is 7.16. The molecule has 2 aliphatic carbocycles. The third-order valence-corrected chi connectivity index (χ3v) is 5.20. The summed E-state index contributed by atoms with van der Waals surface area (Å²) in [5.41, 5.74) is 2.57. The number of carbonyl (C=O) groups excluding carboxylic acids is 2. The number of hydrogen-bond donors (Lipinski definition) is 2. The summed E-state index contributed by atoms with van der Waals surface area (Å²) in [7, 11) is 0. The van der Waals surface area contributed by atoms with Crippen LogP contribution in [0.2, 0.25) is 0 Å². The molecule has 1 aromatic rings. The zero-order chi connectivity index (χ0) is 16.2. The monoisotopic (exact) mass is 314 g/mol. The summed E-state index contributed by atoms with van der Waals surface area (Å²) in [5, 5.41) is 6.09. The predicted octanol–water partition coefficient (Wildman–Crippen LogP) is 2.88. The Morgan fingerprint density at radius 3 is 2.57 bits per heavy atom. The Bertz CT molecular complexity index is 578. The van der Waals surface area contributed by atoms with Crippen molar-refractivity contribution in [3.05, 3.63) is 35.4 Å². The summed E-state index contributed by atoms with van der Waals surface area (Å²) in [4.78, 5) is 24.3. The van der Waals surface area contributed by atoms with E-state index in [2.05, 4.69) is 28.8 Å². The van der Waals surface area contributed by atoms with Crippen molar-refractivity contribution in [1.29, 1.82) is 0 Å². The number of benzene rings is 1. The van der Waals surface area contributed by atoms with Gasteiger partial charge in [-0.1, -0.05) is 37.1 Å². The van der Waals surface area contributed by atoms with Gasteiger partial charge in [-0.2, -0.15) is 0 Å². The summed E-state index contributed by atoms with van der Waals surface area (Å²) >= 11 is 0. The van der Waals surface area contributed by atoms with Gasteiger partial charge in [-0.3, -0.25) is 9.59 Å². The number of fused-ring (bicyclic) bond motifs is 1. The lowest BCUT2D eigenvalue weighted by Crippen LogP contribution is -2.50. The van der Waals surface area contributed by atoms with Gasteiger partial charge in [-0.05, 0) is 49.1 Å². The molecule has 0 radical (unpaired) electrons.